The molecule has 4 heterocycles. The van der Waals surface area contributed by atoms with Crippen LogP contribution in [0, 0.1) is 17.8 Å². The van der Waals surface area contributed by atoms with Gasteiger partial charge in [-0.1, -0.05) is 146 Å². The lowest BCUT2D eigenvalue weighted by Gasteiger charge is -2.42. The second kappa shape index (κ2) is 32.7. The van der Waals surface area contributed by atoms with Crippen LogP contribution in [0.4, 0.5) is 9.59 Å². The van der Waals surface area contributed by atoms with Crippen LogP contribution in [0.1, 0.15) is 95.2 Å². The minimum Gasteiger partial charge on any atom is -0.491 e. The first-order chi connectivity index (χ1) is 44.4. The molecule has 3 aliphatic carbocycles. The lowest BCUT2D eigenvalue weighted by molar-refractivity contribution is -0.00705. The molecule has 0 bridgehead atoms. The first-order valence-corrected chi connectivity index (χ1v) is 33.5. The zero-order chi connectivity index (χ0) is 64.5. The van der Waals surface area contributed by atoms with E-state index in [1.165, 1.54) is 23.1 Å². The van der Waals surface area contributed by atoms with Gasteiger partial charge in [-0.25, -0.2) is 9.59 Å². The van der Waals surface area contributed by atoms with E-state index in [0.717, 1.165) is 89.1 Å². The predicted molar refractivity (Wildman–Crippen MR) is 360 cm³/mol. The highest BCUT2D eigenvalue weighted by molar-refractivity contribution is 5.70. The molecule has 7 aliphatic rings. The maximum atomic E-state index is 13.0. The van der Waals surface area contributed by atoms with Gasteiger partial charge in [0, 0.05) is 120 Å². The third-order valence-electron chi connectivity index (χ3n) is 17.4. The van der Waals surface area contributed by atoms with Gasteiger partial charge in [0.25, 0.3) is 0 Å². The Morgan fingerprint density at radius 2 is 0.891 bits per heavy atom. The zero-order valence-electron chi connectivity index (χ0n) is 54.9. The molecule has 13 rings (SSSR count). The summed E-state index contributed by atoms with van der Waals surface area (Å²) < 4.78 is 33.0. The van der Waals surface area contributed by atoms with Gasteiger partial charge in [0.2, 0.25) is 0 Å². The van der Waals surface area contributed by atoms with Gasteiger partial charge in [-0.15, -0.1) is 0 Å². The third kappa shape index (κ3) is 22.3. The van der Waals surface area contributed by atoms with Gasteiger partial charge in [0.05, 0.1) is 6.61 Å². The number of hydrogen-bond donors (Lipinski definition) is 4. The molecule has 0 radical (unpaired) electrons. The van der Waals surface area contributed by atoms with Crippen LogP contribution >= 0.6 is 0 Å². The number of likely N-dealkylation sites (tertiary alicyclic amines) is 2. The van der Waals surface area contributed by atoms with Crippen LogP contribution in [0.15, 0.2) is 182 Å². The highest BCUT2D eigenvalue weighted by atomic mass is 16.6. The lowest BCUT2D eigenvalue weighted by atomic mass is 9.98. The van der Waals surface area contributed by atoms with Gasteiger partial charge in [-0.2, -0.15) is 0 Å². The number of rotatable bonds is 25. The SMILES string of the molecule is CC(C)(C)OC(=O)N(CC1CN(CC(O)COc2ccccc2)C1)[C@@H]1C[C@H]1c1ccccc1.CC(C)(C)OC(=O)N(CC1CNC1)[C@@H]1C[C@H]1c1ccccc1.OC(COc1ccccc1)CN1CC(CN[C@@H]2C[C@H]2c2ccccc2)C1.c1ccc(OCC2CO2)cc1. The summed E-state index contributed by atoms with van der Waals surface area (Å²) in [5, 5.41) is 27.5. The molecule has 0 aromatic heterocycles. The highest BCUT2D eigenvalue weighted by Crippen LogP contribution is 2.47. The van der Waals surface area contributed by atoms with E-state index in [1.807, 2.05) is 154 Å². The summed E-state index contributed by atoms with van der Waals surface area (Å²) in [5.74, 6) is 5.69. The van der Waals surface area contributed by atoms with Crippen molar-refractivity contribution in [3.05, 3.63) is 199 Å². The van der Waals surface area contributed by atoms with E-state index in [-0.39, 0.29) is 30.9 Å². The molecule has 16 nitrogen and oxygen atoms in total. The molecule has 4 saturated heterocycles. The van der Waals surface area contributed by atoms with Crippen LogP contribution in [0.25, 0.3) is 0 Å². The van der Waals surface area contributed by atoms with Gasteiger partial charge in [-0.05, 0) is 120 Å². The van der Waals surface area contributed by atoms with Crippen LogP contribution in [-0.2, 0) is 14.2 Å². The number of epoxide rings is 1. The molecule has 92 heavy (non-hydrogen) atoms. The topological polar surface area (TPSA) is 170 Å². The number of amides is 2. The van der Waals surface area contributed by atoms with Crippen molar-refractivity contribution in [3.8, 4) is 17.2 Å². The van der Waals surface area contributed by atoms with Gasteiger partial charge in [-0.3, -0.25) is 9.80 Å². The summed E-state index contributed by atoms with van der Waals surface area (Å²) >= 11 is 0. The van der Waals surface area contributed by atoms with E-state index in [4.69, 9.17) is 28.4 Å². The Hall–Kier alpha value is -7.02. The Labute approximate surface area is 546 Å². The first-order valence-electron chi connectivity index (χ1n) is 33.5. The van der Waals surface area contributed by atoms with Gasteiger partial charge >= 0.3 is 12.2 Å². The van der Waals surface area contributed by atoms with Crippen molar-refractivity contribution in [2.24, 2.45) is 17.8 Å². The molecule has 7 fully saturated rings. The molecule has 3 unspecified atom stereocenters. The Morgan fingerprint density at radius 3 is 1.27 bits per heavy atom. The summed E-state index contributed by atoms with van der Waals surface area (Å²) in [5.41, 5.74) is 3.12. The second-order valence-corrected chi connectivity index (χ2v) is 28.0. The maximum absolute atomic E-state index is 13.0. The smallest absolute Gasteiger partial charge is 0.410 e. The number of aliphatic hydroxyl groups excluding tert-OH is 2. The average Bonchev–Trinajstić information content (AvgIpc) is 1.63. The number of aliphatic hydroxyl groups is 2. The van der Waals surface area contributed by atoms with Crippen molar-refractivity contribution in [3.63, 3.8) is 0 Å². The zero-order valence-corrected chi connectivity index (χ0v) is 54.9. The lowest BCUT2D eigenvalue weighted by Crippen LogP contribution is -2.55. The molecular weight excluding hydrogens is 1160 g/mol. The van der Waals surface area contributed by atoms with Crippen molar-refractivity contribution >= 4 is 12.2 Å². The molecule has 6 aromatic rings. The number of nitrogens with one attached hydrogen (secondary N) is 2. The average molecular weight is 1260 g/mol. The normalized spacial score (nSPS) is 23.0. The Balaban J connectivity index is 0.000000141. The van der Waals surface area contributed by atoms with Crippen molar-refractivity contribution in [1.82, 2.24) is 30.2 Å². The van der Waals surface area contributed by atoms with Crippen molar-refractivity contribution in [1.29, 1.82) is 0 Å². The molecule has 4 aliphatic heterocycles. The molecule has 494 valence electrons. The van der Waals surface area contributed by atoms with Crippen molar-refractivity contribution in [2.45, 2.75) is 126 Å². The number of nitrogens with zero attached hydrogens (tertiary/aromatic N) is 4. The predicted octanol–water partition coefficient (Wildman–Crippen LogP) is 11.1. The molecule has 4 N–H and O–H groups in total. The Kier molecular flexibility index (Phi) is 24.1. The third-order valence-corrected chi connectivity index (χ3v) is 17.4. The van der Waals surface area contributed by atoms with Gasteiger partial charge in [0.15, 0.2) is 0 Å². The van der Waals surface area contributed by atoms with Crippen LogP contribution in [-0.4, -0.2) is 188 Å². The number of ether oxygens (including phenoxy) is 6. The van der Waals surface area contributed by atoms with E-state index in [9.17, 15) is 19.8 Å². The van der Waals surface area contributed by atoms with Crippen LogP contribution in [0.5, 0.6) is 17.2 Å². The minimum absolute atomic E-state index is 0.164. The van der Waals surface area contributed by atoms with E-state index < -0.39 is 23.4 Å². The van der Waals surface area contributed by atoms with Gasteiger partial charge < -0.3 is 59.1 Å². The number of para-hydroxylation sites is 3. The fourth-order valence-corrected chi connectivity index (χ4v) is 12.2. The quantitative estimate of drug-likeness (QED) is 0.0399. The van der Waals surface area contributed by atoms with E-state index in [0.29, 0.717) is 80.5 Å². The number of carbonyl (C=O) groups is 2. The molecule has 3 saturated carbocycles. The monoisotopic (exact) mass is 1260 g/mol. The minimum atomic E-state index is -0.543. The van der Waals surface area contributed by atoms with E-state index in [2.05, 4.69) is 99.3 Å². The van der Waals surface area contributed by atoms with Crippen LogP contribution in [0.3, 0.4) is 0 Å². The van der Waals surface area contributed by atoms with E-state index in [1.54, 1.807) is 0 Å². The molecule has 0 spiro atoms. The summed E-state index contributed by atoms with van der Waals surface area (Å²) in [4.78, 5) is 34.0. The maximum Gasteiger partial charge on any atom is 0.410 e. The largest absolute Gasteiger partial charge is 0.491 e. The first kappa shape index (κ1) is 67.9. The Morgan fingerprint density at radius 1 is 0.522 bits per heavy atom. The number of hydrogen-bond acceptors (Lipinski definition) is 14. The van der Waals surface area contributed by atoms with Crippen molar-refractivity contribution in [2.75, 3.05) is 98.4 Å². The summed E-state index contributed by atoms with van der Waals surface area (Å²) in [6, 6.07) is 61.8. The highest BCUT2D eigenvalue weighted by Gasteiger charge is 2.49. The summed E-state index contributed by atoms with van der Waals surface area (Å²) in [6.45, 7) is 23.4. The van der Waals surface area contributed by atoms with E-state index >= 15 is 0 Å². The molecule has 2 amide bonds. The number of β-amino-alcohol motifs (C(OH)–C–C–N with tert-alkyl or cyclic N) is 2. The standard InChI is InChI=1S/C27H36N2O4.C22H28N2O2.C18H26N2O2.C9H10O2/c1-27(2,3)33-26(31)29(25-14-24(25)21-10-6-4-7-11-21)17-20-15-28(16-20)18-22(30)19-32-23-12-8-5-9-13-23;25-19(16-26-20-9-5-2-6-10-20)15-24-13-17(14-24)12-23-22-11-21(22)18-7-3-1-4-8-18;1-18(2,3)22-17(21)20(12-13-10-19-11-13)16-9-15(16)14-7-5-4-6-8-14;1-2-4-8(5-3-1)10-6-9-7-11-9/h4-13,20,22,24-25,30H,14-19H2,1-3H3;1-10,17,19,21-23,25H,11-16H2;4-8,13,15-16,19H,9-12H2,1-3H3;1-5,9H,6-7H2/t22?,24-,25+;19?,21-,22+;15-,16+;/m000./s1. The fourth-order valence-electron chi connectivity index (χ4n) is 12.2. The number of benzene rings is 6. The second-order valence-electron chi connectivity index (χ2n) is 28.0. The van der Waals surface area contributed by atoms with Gasteiger partial charge in [0.1, 0.15) is 66.6 Å². The fraction of sp³-hybridized carbons (Fsp3) is 0.500. The summed E-state index contributed by atoms with van der Waals surface area (Å²) in [6.07, 6.45) is 2.27. The van der Waals surface area contributed by atoms with Crippen molar-refractivity contribution < 1.29 is 48.2 Å². The molecule has 9 atom stereocenters. The summed E-state index contributed by atoms with van der Waals surface area (Å²) in [7, 11) is 0. The number of carbonyl (C=O) groups excluding carboxylic acids is 2. The Bertz CT molecular complexity index is 3110. The molecule has 6 aromatic carbocycles. The molecule has 16 heteroatoms. The van der Waals surface area contributed by atoms with Crippen LogP contribution in [0.2, 0.25) is 0 Å². The van der Waals surface area contributed by atoms with Crippen LogP contribution < -0.4 is 24.8 Å². The molecular formula is C76H100N6O10.